The summed E-state index contributed by atoms with van der Waals surface area (Å²) >= 11 is 1.02. The van der Waals surface area contributed by atoms with Crippen LogP contribution in [0.3, 0.4) is 0 Å². The molecule has 9 heteroatoms. The van der Waals surface area contributed by atoms with E-state index in [4.69, 9.17) is 0 Å². The van der Waals surface area contributed by atoms with Crippen LogP contribution in [0.15, 0.2) is 5.16 Å². The number of carbonyl (C=O) groups excluding carboxylic acids is 1. The van der Waals surface area contributed by atoms with Crippen LogP contribution >= 0.6 is 11.8 Å². The van der Waals surface area contributed by atoms with Crippen LogP contribution in [0.4, 0.5) is 13.2 Å². The summed E-state index contributed by atoms with van der Waals surface area (Å²) in [7, 11) is 1.27. The Morgan fingerprint density at radius 3 is 2.19 bits per heavy atom. The van der Waals surface area contributed by atoms with Gasteiger partial charge in [0, 0.05) is 12.6 Å². The van der Waals surface area contributed by atoms with Crippen molar-refractivity contribution in [1.29, 1.82) is 0 Å². The molecule has 0 spiro atoms. The number of thioether (sulfide) groups is 1. The molecule has 0 radical (unpaired) electrons. The third kappa shape index (κ3) is 3.23. The van der Waals surface area contributed by atoms with Gasteiger partial charge in [-0.15, -0.1) is 10.2 Å². The van der Waals surface area contributed by atoms with Gasteiger partial charge in [0.2, 0.25) is 11.7 Å². The lowest BCUT2D eigenvalue weighted by molar-refractivity contribution is -0.147. The Bertz CT molecular complexity index is 682. The fraction of sp³-hybridized carbons (Fsp3) is 0.824. The molecule has 1 atom stereocenters. The van der Waals surface area contributed by atoms with Gasteiger partial charge in [-0.2, -0.15) is 13.2 Å². The molecular weight excluding hydrogens is 365 g/mol. The minimum absolute atomic E-state index is 0.0995. The smallest absolute Gasteiger partial charge is 0.350 e. The molecule has 4 fully saturated rings. The molecule has 144 valence electrons. The van der Waals surface area contributed by atoms with Crippen LogP contribution in [0.1, 0.15) is 51.3 Å². The first-order chi connectivity index (χ1) is 12.2. The Morgan fingerprint density at radius 2 is 1.73 bits per heavy atom. The molecule has 1 heterocycles. The second-order valence-electron chi connectivity index (χ2n) is 8.31. The van der Waals surface area contributed by atoms with E-state index in [0.29, 0.717) is 0 Å². The summed E-state index contributed by atoms with van der Waals surface area (Å²) in [5, 5.41) is 9.66. The van der Waals surface area contributed by atoms with Crippen molar-refractivity contribution in [3.63, 3.8) is 0 Å². The first kappa shape index (κ1) is 18.1. The van der Waals surface area contributed by atoms with Gasteiger partial charge in [-0.3, -0.25) is 4.79 Å². The van der Waals surface area contributed by atoms with Gasteiger partial charge < -0.3 is 9.88 Å². The highest BCUT2D eigenvalue weighted by Gasteiger charge is 2.51. The van der Waals surface area contributed by atoms with E-state index < -0.39 is 17.3 Å². The maximum atomic E-state index is 12.8. The second-order valence-corrected chi connectivity index (χ2v) is 9.62. The molecule has 0 saturated heterocycles. The number of alkyl halides is 3. The van der Waals surface area contributed by atoms with Crippen molar-refractivity contribution in [2.75, 3.05) is 0 Å². The van der Waals surface area contributed by atoms with Crippen LogP contribution in [-0.4, -0.2) is 31.5 Å². The molecule has 5 nitrogen and oxygen atoms in total. The van der Waals surface area contributed by atoms with Crippen LogP contribution in [0.25, 0.3) is 0 Å². The van der Waals surface area contributed by atoms with Gasteiger partial charge in [0.15, 0.2) is 5.16 Å². The predicted octanol–water partition coefficient (Wildman–Crippen LogP) is 3.40. The van der Waals surface area contributed by atoms with Crippen LogP contribution in [0.2, 0.25) is 0 Å². The highest BCUT2D eigenvalue weighted by atomic mass is 32.2. The molecule has 0 aliphatic heterocycles. The van der Waals surface area contributed by atoms with E-state index in [0.717, 1.165) is 53.3 Å². The van der Waals surface area contributed by atoms with E-state index in [9.17, 15) is 18.0 Å². The summed E-state index contributed by atoms with van der Waals surface area (Å²) in [6.07, 6.45) is 2.46. The quantitative estimate of drug-likeness (QED) is 0.803. The number of amides is 1. The molecule has 1 N–H and O–H groups in total. The van der Waals surface area contributed by atoms with Gasteiger partial charge in [0.25, 0.3) is 0 Å². The highest BCUT2D eigenvalue weighted by molar-refractivity contribution is 8.00. The van der Waals surface area contributed by atoms with Crippen molar-refractivity contribution in [2.45, 2.75) is 67.6 Å². The number of hydrogen-bond acceptors (Lipinski definition) is 4. The SMILES string of the molecule is C[C@H](Sc1nnc(C(F)(F)F)n1C)C(=O)NC12CC3CC(CC(C3)C1)C2. The number of aromatic nitrogens is 3. The zero-order chi connectivity index (χ0) is 18.7. The Morgan fingerprint density at radius 1 is 1.19 bits per heavy atom. The lowest BCUT2D eigenvalue weighted by Gasteiger charge is -2.57. The molecule has 0 unspecified atom stereocenters. The van der Waals surface area contributed by atoms with E-state index in [1.165, 1.54) is 26.3 Å². The second kappa shape index (κ2) is 6.14. The monoisotopic (exact) mass is 388 g/mol. The number of halogens is 3. The third-order valence-electron chi connectivity index (χ3n) is 6.17. The van der Waals surface area contributed by atoms with Crippen LogP contribution in [0.5, 0.6) is 0 Å². The normalized spacial score (nSPS) is 34.1. The number of nitrogens with one attached hydrogen (secondary N) is 1. The summed E-state index contributed by atoms with van der Waals surface area (Å²) < 4.78 is 39.4. The van der Waals surface area contributed by atoms with Crippen LogP contribution in [0, 0.1) is 17.8 Å². The van der Waals surface area contributed by atoms with Crippen molar-refractivity contribution in [1.82, 2.24) is 20.1 Å². The molecule has 4 aliphatic rings. The Kier molecular flexibility index (Phi) is 4.28. The molecule has 1 amide bonds. The van der Waals surface area contributed by atoms with E-state index >= 15 is 0 Å². The molecule has 4 aliphatic carbocycles. The van der Waals surface area contributed by atoms with Crippen molar-refractivity contribution in [3.8, 4) is 0 Å². The van der Waals surface area contributed by atoms with E-state index in [2.05, 4.69) is 15.5 Å². The lowest BCUT2D eigenvalue weighted by Crippen LogP contribution is -2.60. The Balaban J connectivity index is 1.42. The molecule has 1 aromatic heterocycles. The molecular formula is C17H23F3N4OS. The summed E-state index contributed by atoms with van der Waals surface area (Å²) in [5.74, 6) is 0.995. The maximum Gasteiger partial charge on any atom is 0.451 e. The zero-order valence-corrected chi connectivity index (χ0v) is 15.7. The fourth-order valence-corrected chi connectivity index (χ4v) is 6.32. The maximum absolute atomic E-state index is 12.8. The first-order valence-corrected chi connectivity index (χ1v) is 9.98. The van der Waals surface area contributed by atoms with E-state index in [-0.39, 0.29) is 16.6 Å². The largest absolute Gasteiger partial charge is 0.451 e. The lowest BCUT2D eigenvalue weighted by atomic mass is 9.53. The standard InChI is InChI=1S/C17H23F3N4OS/c1-9(26-15-23-22-14(24(15)2)17(18,19)20)13(25)21-16-6-10-3-11(7-16)5-12(4-10)8-16/h9-12H,3-8H2,1-2H3,(H,21,25)/t9-,10?,11?,12?,16?/m0/s1. The van der Waals surface area contributed by atoms with E-state index in [1.54, 1.807) is 6.92 Å². The first-order valence-electron chi connectivity index (χ1n) is 9.10. The van der Waals surface area contributed by atoms with E-state index in [1.807, 2.05) is 0 Å². The van der Waals surface area contributed by atoms with Crippen molar-refractivity contribution in [3.05, 3.63) is 5.82 Å². The van der Waals surface area contributed by atoms with Gasteiger partial charge in [-0.25, -0.2) is 0 Å². The topological polar surface area (TPSA) is 59.8 Å². The van der Waals surface area contributed by atoms with Gasteiger partial charge in [-0.1, -0.05) is 11.8 Å². The van der Waals surface area contributed by atoms with Gasteiger partial charge in [0.05, 0.1) is 5.25 Å². The Labute approximate surface area is 154 Å². The zero-order valence-electron chi connectivity index (χ0n) is 14.8. The average Bonchev–Trinajstić information content (AvgIpc) is 2.86. The number of rotatable bonds is 4. The minimum atomic E-state index is -4.55. The summed E-state index contributed by atoms with van der Waals surface area (Å²) in [6.45, 7) is 1.71. The minimum Gasteiger partial charge on any atom is -0.350 e. The molecule has 4 saturated carbocycles. The molecule has 4 bridgehead atoms. The summed E-state index contributed by atoms with van der Waals surface area (Å²) in [4.78, 5) is 12.7. The molecule has 5 rings (SSSR count). The molecule has 0 aromatic carbocycles. The number of nitrogens with zero attached hydrogens (tertiary/aromatic N) is 3. The van der Waals surface area contributed by atoms with Gasteiger partial charge in [0.1, 0.15) is 0 Å². The van der Waals surface area contributed by atoms with Crippen molar-refractivity contribution in [2.24, 2.45) is 24.8 Å². The summed E-state index contributed by atoms with van der Waals surface area (Å²) in [5.41, 5.74) is -0.0995. The fourth-order valence-electron chi connectivity index (χ4n) is 5.50. The van der Waals surface area contributed by atoms with Gasteiger partial charge >= 0.3 is 6.18 Å². The third-order valence-corrected chi connectivity index (χ3v) is 7.30. The highest BCUT2D eigenvalue weighted by Crippen LogP contribution is 2.55. The number of hydrogen-bond donors (Lipinski definition) is 1. The Hall–Kier alpha value is -1.25. The molecule has 1 aromatic rings. The predicted molar refractivity (Wildman–Crippen MR) is 90.4 cm³/mol. The van der Waals surface area contributed by atoms with Crippen molar-refractivity contribution < 1.29 is 18.0 Å². The number of carbonyl (C=O) groups is 1. The summed E-state index contributed by atoms with van der Waals surface area (Å²) in [6, 6.07) is 0. The van der Waals surface area contributed by atoms with Crippen LogP contribution < -0.4 is 5.32 Å². The van der Waals surface area contributed by atoms with Crippen molar-refractivity contribution >= 4 is 17.7 Å². The van der Waals surface area contributed by atoms with Gasteiger partial charge in [-0.05, 0) is 63.2 Å². The molecule has 26 heavy (non-hydrogen) atoms. The average molecular weight is 388 g/mol. The van der Waals surface area contributed by atoms with Crippen LogP contribution in [-0.2, 0) is 18.0 Å².